The predicted molar refractivity (Wildman–Crippen MR) is 81.7 cm³/mol. The molecule has 1 aliphatic rings. The van der Waals surface area contributed by atoms with Gasteiger partial charge in [0, 0.05) is 23.6 Å². The van der Waals surface area contributed by atoms with Gasteiger partial charge in [0.05, 0.1) is 6.54 Å². The molecule has 0 radical (unpaired) electrons. The maximum Gasteiger partial charge on any atom is 0.240 e. The molecule has 1 N–H and O–H groups in total. The SMILES string of the molecule is CC(C)(C)C(NCc1nc(C2CC2)no1)c1ccc(F)cc1F. The Morgan fingerprint density at radius 3 is 2.65 bits per heavy atom. The molecule has 23 heavy (non-hydrogen) atoms. The van der Waals surface area contributed by atoms with Crippen molar-refractivity contribution in [1.82, 2.24) is 15.5 Å². The summed E-state index contributed by atoms with van der Waals surface area (Å²) in [6, 6.07) is 3.36. The van der Waals surface area contributed by atoms with Gasteiger partial charge in [-0.1, -0.05) is 32.0 Å². The van der Waals surface area contributed by atoms with Crippen LogP contribution in [0, 0.1) is 17.0 Å². The van der Waals surface area contributed by atoms with Crippen molar-refractivity contribution in [2.45, 2.75) is 52.1 Å². The van der Waals surface area contributed by atoms with E-state index in [0.29, 0.717) is 23.9 Å². The van der Waals surface area contributed by atoms with Crippen molar-refractivity contribution in [3.8, 4) is 0 Å². The van der Waals surface area contributed by atoms with Crippen LogP contribution in [0.25, 0.3) is 0 Å². The third kappa shape index (κ3) is 3.75. The second-order valence-electron chi connectivity index (χ2n) is 7.17. The van der Waals surface area contributed by atoms with E-state index in [-0.39, 0.29) is 11.5 Å². The summed E-state index contributed by atoms with van der Waals surface area (Å²) in [5.74, 6) is 0.540. The lowest BCUT2D eigenvalue weighted by Crippen LogP contribution is -2.32. The number of aromatic nitrogens is 2. The Morgan fingerprint density at radius 1 is 1.30 bits per heavy atom. The number of rotatable bonds is 5. The Balaban J connectivity index is 1.76. The highest BCUT2D eigenvalue weighted by molar-refractivity contribution is 5.24. The molecule has 0 saturated heterocycles. The number of hydrogen-bond donors (Lipinski definition) is 1. The van der Waals surface area contributed by atoms with E-state index in [1.165, 1.54) is 12.1 Å². The van der Waals surface area contributed by atoms with Crippen LogP contribution in [-0.4, -0.2) is 10.1 Å². The fourth-order valence-electron chi connectivity index (χ4n) is 2.65. The Morgan fingerprint density at radius 2 is 2.04 bits per heavy atom. The van der Waals surface area contributed by atoms with Gasteiger partial charge in [0.25, 0.3) is 0 Å². The van der Waals surface area contributed by atoms with E-state index in [9.17, 15) is 8.78 Å². The fourth-order valence-corrected chi connectivity index (χ4v) is 2.65. The molecule has 1 aliphatic carbocycles. The molecule has 1 atom stereocenters. The Hall–Kier alpha value is -1.82. The molecule has 1 fully saturated rings. The van der Waals surface area contributed by atoms with Gasteiger partial charge in [0.15, 0.2) is 5.82 Å². The second kappa shape index (κ2) is 6.00. The molecule has 1 heterocycles. The molecule has 124 valence electrons. The molecule has 3 rings (SSSR count). The first-order chi connectivity index (χ1) is 10.8. The van der Waals surface area contributed by atoms with Crippen LogP contribution in [0.15, 0.2) is 22.7 Å². The minimum absolute atomic E-state index is 0.266. The molecule has 0 amide bonds. The first-order valence-electron chi connectivity index (χ1n) is 7.85. The molecule has 0 bridgehead atoms. The average Bonchev–Trinajstić information content (AvgIpc) is 3.19. The smallest absolute Gasteiger partial charge is 0.240 e. The number of benzene rings is 1. The van der Waals surface area contributed by atoms with Crippen molar-refractivity contribution in [3.63, 3.8) is 0 Å². The van der Waals surface area contributed by atoms with E-state index in [2.05, 4.69) is 15.5 Å². The Bertz CT molecular complexity index is 689. The van der Waals surface area contributed by atoms with E-state index in [1.807, 2.05) is 20.8 Å². The van der Waals surface area contributed by atoms with Crippen molar-refractivity contribution >= 4 is 0 Å². The second-order valence-corrected chi connectivity index (χ2v) is 7.17. The zero-order valence-electron chi connectivity index (χ0n) is 13.6. The maximum atomic E-state index is 14.1. The monoisotopic (exact) mass is 321 g/mol. The first kappa shape index (κ1) is 16.1. The quantitative estimate of drug-likeness (QED) is 0.900. The van der Waals surface area contributed by atoms with Crippen LogP contribution >= 0.6 is 0 Å². The van der Waals surface area contributed by atoms with Crippen LogP contribution in [0.1, 0.15) is 62.9 Å². The molecule has 0 spiro atoms. The summed E-state index contributed by atoms with van der Waals surface area (Å²) in [6.45, 7) is 6.34. The van der Waals surface area contributed by atoms with Crippen molar-refractivity contribution in [3.05, 3.63) is 47.1 Å². The van der Waals surface area contributed by atoms with Crippen LogP contribution in [0.5, 0.6) is 0 Å². The van der Waals surface area contributed by atoms with Gasteiger partial charge in [0.2, 0.25) is 5.89 Å². The number of nitrogens with one attached hydrogen (secondary N) is 1. The van der Waals surface area contributed by atoms with Gasteiger partial charge in [-0.15, -0.1) is 0 Å². The third-order valence-electron chi connectivity index (χ3n) is 4.02. The molecule has 0 aliphatic heterocycles. The van der Waals surface area contributed by atoms with E-state index in [4.69, 9.17) is 4.52 Å². The van der Waals surface area contributed by atoms with E-state index >= 15 is 0 Å². The Kier molecular flexibility index (Phi) is 4.19. The van der Waals surface area contributed by atoms with Gasteiger partial charge in [-0.25, -0.2) is 8.78 Å². The number of hydrogen-bond acceptors (Lipinski definition) is 4. The van der Waals surface area contributed by atoms with Crippen LogP contribution in [0.3, 0.4) is 0 Å². The minimum atomic E-state index is -0.579. The van der Waals surface area contributed by atoms with Gasteiger partial charge < -0.3 is 9.84 Å². The normalized spacial score (nSPS) is 16.6. The van der Waals surface area contributed by atoms with Gasteiger partial charge in [-0.3, -0.25) is 0 Å². The molecular weight excluding hydrogens is 300 g/mol. The summed E-state index contributed by atoms with van der Waals surface area (Å²) >= 11 is 0. The van der Waals surface area contributed by atoms with Crippen LogP contribution < -0.4 is 5.32 Å². The van der Waals surface area contributed by atoms with Crippen molar-refractivity contribution in [2.24, 2.45) is 5.41 Å². The molecule has 1 aromatic heterocycles. The summed E-state index contributed by atoms with van der Waals surface area (Å²) in [7, 11) is 0. The summed E-state index contributed by atoms with van der Waals surface area (Å²) in [6.07, 6.45) is 2.22. The van der Waals surface area contributed by atoms with Crippen LogP contribution in [-0.2, 0) is 6.54 Å². The molecule has 1 aromatic carbocycles. The van der Waals surface area contributed by atoms with Crippen molar-refractivity contribution in [1.29, 1.82) is 0 Å². The largest absolute Gasteiger partial charge is 0.338 e. The van der Waals surface area contributed by atoms with Gasteiger partial charge >= 0.3 is 0 Å². The highest BCUT2D eigenvalue weighted by Gasteiger charge is 2.31. The molecule has 4 nitrogen and oxygen atoms in total. The molecule has 6 heteroatoms. The van der Waals surface area contributed by atoms with Crippen molar-refractivity contribution in [2.75, 3.05) is 0 Å². The summed E-state index contributed by atoms with van der Waals surface area (Å²) < 4.78 is 32.5. The van der Waals surface area contributed by atoms with E-state index < -0.39 is 11.6 Å². The van der Waals surface area contributed by atoms with Crippen LogP contribution in [0.4, 0.5) is 8.78 Å². The zero-order valence-corrected chi connectivity index (χ0v) is 13.6. The van der Waals surface area contributed by atoms with Crippen LogP contribution in [0.2, 0.25) is 0 Å². The highest BCUT2D eigenvalue weighted by atomic mass is 19.1. The summed E-state index contributed by atoms with van der Waals surface area (Å²) in [4.78, 5) is 4.36. The lowest BCUT2D eigenvalue weighted by Gasteiger charge is -2.32. The Labute approximate surface area is 134 Å². The summed E-state index contributed by atoms with van der Waals surface area (Å²) in [5.41, 5.74) is 0.165. The average molecular weight is 321 g/mol. The molecule has 2 aromatic rings. The van der Waals surface area contributed by atoms with Gasteiger partial charge in [0.1, 0.15) is 11.6 Å². The van der Waals surface area contributed by atoms with E-state index in [1.54, 1.807) is 0 Å². The molecule has 1 saturated carbocycles. The van der Waals surface area contributed by atoms with Crippen molar-refractivity contribution < 1.29 is 13.3 Å². The summed E-state index contributed by atoms with van der Waals surface area (Å²) in [5, 5.41) is 7.24. The van der Waals surface area contributed by atoms with E-state index in [0.717, 1.165) is 24.7 Å². The number of nitrogens with zero attached hydrogens (tertiary/aromatic N) is 2. The molecule has 1 unspecified atom stereocenters. The first-order valence-corrected chi connectivity index (χ1v) is 7.85. The minimum Gasteiger partial charge on any atom is -0.338 e. The zero-order chi connectivity index (χ0) is 16.6. The maximum absolute atomic E-state index is 14.1. The predicted octanol–water partition coefficient (Wildman–Crippen LogP) is 4.10. The third-order valence-corrected chi connectivity index (χ3v) is 4.02. The lowest BCUT2D eigenvalue weighted by atomic mass is 9.82. The number of halogens is 2. The lowest BCUT2D eigenvalue weighted by molar-refractivity contribution is 0.251. The highest BCUT2D eigenvalue weighted by Crippen LogP contribution is 2.38. The topological polar surface area (TPSA) is 51.0 Å². The van der Waals surface area contributed by atoms with Gasteiger partial charge in [-0.2, -0.15) is 4.98 Å². The fraction of sp³-hybridized carbons (Fsp3) is 0.529. The standard InChI is InChI=1S/C17H21F2N3O/c1-17(2,3)15(12-7-6-11(18)8-13(12)19)20-9-14-21-16(22-23-14)10-4-5-10/h6-8,10,15,20H,4-5,9H2,1-3H3. The van der Waals surface area contributed by atoms with Gasteiger partial charge in [-0.05, 0) is 24.3 Å². The molecular formula is C17H21F2N3O.